The minimum Gasteiger partial charge on any atom is -0.494 e. The van der Waals surface area contributed by atoms with Crippen LogP contribution in [0.3, 0.4) is 0 Å². The van der Waals surface area contributed by atoms with E-state index in [1.54, 1.807) is 13.8 Å². The van der Waals surface area contributed by atoms with Gasteiger partial charge in [-0.25, -0.2) is 0 Å². The molecule has 0 fully saturated rings. The van der Waals surface area contributed by atoms with Crippen LogP contribution in [0.4, 0.5) is 0 Å². The predicted octanol–water partition coefficient (Wildman–Crippen LogP) is 1.34. The van der Waals surface area contributed by atoms with E-state index >= 15 is 0 Å². The predicted molar refractivity (Wildman–Crippen MR) is 76.8 cm³/mol. The van der Waals surface area contributed by atoms with Gasteiger partial charge in [-0.15, -0.1) is 0 Å². The molecule has 0 aliphatic carbocycles. The lowest BCUT2D eigenvalue weighted by Gasteiger charge is -2.21. The molecule has 1 amide bonds. The van der Waals surface area contributed by atoms with Gasteiger partial charge in [-0.05, 0) is 32.4 Å². The molecule has 0 saturated heterocycles. The first kappa shape index (κ1) is 15.8. The largest absolute Gasteiger partial charge is 0.494 e. The summed E-state index contributed by atoms with van der Waals surface area (Å²) >= 11 is 0. The van der Waals surface area contributed by atoms with E-state index in [2.05, 4.69) is 10.5 Å². The van der Waals surface area contributed by atoms with Gasteiger partial charge in [-0.2, -0.15) is 0 Å². The maximum atomic E-state index is 11.9. The summed E-state index contributed by atoms with van der Waals surface area (Å²) in [6.45, 7) is 4.16. The van der Waals surface area contributed by atoms with Gasteiger partial charge in [-0.3, -0.25) is 4.79 Å². The van der Waals surface area contributed by atoms with Gasteiger partial charge in [-0.1, -0.05) is 23.4 Å². The first-order chi connectivity index (χ1) is 9.48. The number of nitrogens with one attached hydrogen (secondary N) is 1. The molecule has 6 heteroatoms. The van der Waals surface area contributed by atoms with Crippen molar-refractivity contribution >= 4 is 11.7 Å². The lowest BCUT2D eigenvalue weighted by Crippen LogP contribution is -2.46. The third-order valence-electron chi connectivity index (χ3n) is 2.93. The monoisotopic (exact) mass is 279 g/mol. The van der Waals surface area contributed by atoms with Crippen LogP contribution in [-0.2, 0) is 4.79 Å². The Hall–Kier alpha value is -2.24. The average molecular weight is 279 g/mol. The highest BCUT2D eigenvalue weighted by Gasteiger charge is 2.32. The van der Waals surface area contributed by atoms with Crippen LogP contribution in [0.2, 0.25) is 0 Å². The fourth-order valence-electron chi connectivity index (χ4n) is 1.44. The number of amides is 1. The number of carbonyl (C=O) groups is 1. The van der Waals surface area contributed by atoms with Crippen LogP contribution in [0, 0.1) is 5.41 Å². The highest BCUT2D eigenvalue weighted by atomic mass is 16.5. The maximum Gasteiger partial charge on any atom is 0.233 e. The summed E-state index contributed by atoms with van der Waals surface area (Å²) < 4.78 is 5.50. The van der Waals surface area contributed by atoms with E-state index in [9.17, 15) is 4.79 Å². The van der Waals surface area contributed by atoms with Gasteiger partial charge in [0.2, 0.25) is 5.91 Å². The molecule has 0 aromatic heterocycles. The Morgan fingerprint density at radius 3 is 2.65 bits per heavy atom. The van der Waals surface area contributed by atoms with E-state index in [0.29, 0.717) is 19.6 Å². The molecule has 0 heterocycles. The van der Waals surface area contributed by atoms with E-state index in [0.717, 1.165) is 5.75 Å². The number of rotatable bonds is 7. The van der Waals surface area contributed by atoms with Crippen molar-refractivity contribution in [3.63, 3.8) is 0 Å². The van der Waals surface area contributed by atoms with Crippen molar-refractivity contribution in [1.29, 1.82) is 0 Å². The fourth-order valence-corrected chi connectivity index (χ4v) is 1.44. The van der Waals surface area contributed by atoms with Gasteiger partial charge >= 0.3 is 0 Å². The molecule has 0 aliphatic heterocycles. The van der Waals surface area contributed by atoms with Gasteiger partial charge in [0.25, 0.3) is 0 Å². The fraction of sp³-hybridized carbons (Fsp3) is 0.429. The molecule has 1 rings (SSSR count). The van der Waals surface area contributed by atoms with Crippen LogP contribution >= 0.6 is 0 Å². The summed E-state index contributed by atoms with van der Waals surface area (Å²) in [4.78, 5) is 11.9. The van der Waals surface area contributed by atoms with Crippen LogP contribution in [0.25, 0.3) is 0 Å². The van der Waals surface area contributed by atoms with Crippen LogP contribution in [0.15, 0.2) is 35.5 Å². The molecule has 20 heavy (non-hydrogen) atoms. The molecule has 0 unspecified atom stereocenters. The molecule has 6 nitrogen and oxygen atoms in total. The van der Waals surface area contributed by atoms with Gasteiger partial charge in [0.15, 0.2) is 5.84 Å². The minimum atomic E-state index is -1.03. The first-order valence-corrected chi connectivity index (χ1v) is 6.42. The molecular formula is C14H21N3O3. The zero-order valence-corrected chi connectivity index (χ0v) is 11.8. The second-order valence-corrected chi connectivity index (χ2v) is 4.88. The molecule has 0 bridgehead atoms. The van der Waals surface area contributed by atoms with Gasteiger partial charge in [0.05, 0.1) is 6.61 Å². The Labute approximate surface area is 118 Å². The summed E-state index contributed by atoms with van der Waals surface area (Å²) in [7, 11) is 0. The number of amidine groups is 1. The third kappa shape index (κ3) is 4.46. The van der Waals surface area contributed by atoms with E-state index in [4.69, 9.17) is 15.7 Å². The van der Waals surface area contributed by atoms with Crippen LogP contribution < -0.4 is 15.8 Å². The van der Waals surface area contributed by atoms with Crippen molar-refractivity contribution < 1.29 is 14.7 Å². The van der Waals surface area contributed by atoms with E-state index < -0.39 is 5.41 Å². The molecule has 1 aromatic carbocycles. The summed E-state index contributed by atoms with van der Waals surface area (Å²) in [5, 5.41) is 14.2. The van der Waals surface area contributed by atoms with E-state index in [-0.39, 0.29) is 11.7 Å². The summed E-state index contributed by atoms with van der Waals surface area (Å²) in [6.07, 6.45) is 0.673. The quantitative estimate of drug-likeness (QED) is 0.231. The van der Waals surface area contributed by atoms with Gasteiger partial charge < -0.3 is 21.0 Å². The molecule has 0 spiro atoms. The standard InChI is InChI=1S/C14H21N3O3/c1-14(2,12(15)17-19)13(18)16-9-6-10-20-11-7-4-3-5-8-11/h3-5,7-8,19H,6,9-10H2,1-2H3,(H2,15,17)(H,16,18). The van der Waals surface area contributed by atoms with Crippen LogP contribution in [0.1, 0.15) is 20.3 Å². The van der Waals surface area contributed by atoms with Crippen molar-refractivity contribution in [3.8, 4) is 5.75 Å². The smallest absolute Gasteiger partial charge is 0.233 e. The maximum absolute atomic E-state index is 11.9. The number of nitrogens with two attached hydrogens (primary N) is 1. The Balaban J connectivity index is 2.26. The topological polar surface area (TPSA) is 96.9 Å². The number of nitrogens with zero attached hydrogens (tertiary/aromatic N) is 1. The van der Waals surface area contributed by atoms with Crippen molar-refractivity contribution in [2.75, 3.05) is 13.2 Å². The number of benzene rings is 1. The second-order valence-electron chi connectivity index (χ2n) is 4.88. The van der Waals surface area contributed by atoms with Crippen LogP contribution in [0.5, 0.6) is 5.75 Å². The minimum absolute atomic E-state index is 0.115. The Bertz CT molecular complexity index is 458. The molecule has 4 N–H and O–H groups in total. The molecular weight excluding hydrogens is 258 g/mol. The molecule has 0 aliphatic rings. The number of oxime groups is 1. The number of carbonyl (C=O) groups excluding carboxylic acids is 1. The summed E-state index contributed by atoms with van der Waals surface area (Å²) in [6, 6.07) is 9.47. The van der Waals surface area contributed by atoms with Gasteiger partial charge in [0, 0.05) is 6.54 Å². The van der Waals surface area contributed by atoms with Crippen molar-refractivity contribution in [1.82, 2.24) is 5.32 Å². The number of hydrogen-bond acceptors (Lipinski definition) is 4. The van der Waals surface area contributed by atoms with E-state index in [1.807, 2.05) is 30.3 Å². The zero-order chi connectivity index (χ0) is 15.0. The summed E-state index contributed by atoms with van der Waals surface area (Å²) in [5.41, 5.74) is 4.44. The number of hydrogen-bond donors (Lipinski definition) is 3. The molecule has 0 saturated carbocycles. The van der Waals surface area contributed by atoms with Crippen molar-refractivity contribution in [3.05, 3.63) is 30.3 Å². The zero-order valence-electron chi connectivity index (χ0n) is 11.8. The molecule has 0 radical (unpaired) electrons. The van der Waals surface area contributed by atoms with Gasteiger partial charge in [0.1, 0.15) is 11.2 Å². The lowest BCUT2D eigenvalue weighted by molar-refractivity contribution is -0.126. The number of para-hydroxylation sites is 1. The Morgan fingerprint density at radius 1 is 1.40 bits per heavy atom. The normalized spacial score (nSPS) is 12.0. The van der Waals surface area contributed by atoms with Crippen LogP contribution in [-0.4, -0.2) is 30.1 Å². The second kappa shape index (κ2) is 7.37. The highest BCUT2D eigenvalue weighted by Crippen LogP contribution is 2.15. The van der Waals surface area contributed by atoms with E-state index in [1.165, 1.54) is 0 Å². The highest BCUT2D eigenvalue weighted by molar-refractivity contribution is 6.05. The average Bonchev–Trinajstić information content (AvgIpc) is 2.46. The third-order valence-corrected chi connectivity index (χ3v) is 2.93. The Kier molecular flexibility index (Phi) is 5.83. The molecule has 0 atom stereocenters. The summed E-state index contributed by atoms with van der Waals surface area (Å²) in [5.74, 6) is 0.402. The molecule has 1 aromatic rings. The van der Waals surface area contributed by atoms with Crippen molar-refractivity contribution in [2.45, 2.75) is 20.3 Å². The lowest BCUT2D eigenvalue weighted by atomic mass is 9.91. The first-order valence-electron chi connectivity index (χ1n) is 6.42. The SMILES string of the molecule is CC(C)(C(=O)NCCCOc1ccccc1)C(N)=NO. The van der Waals surface area contributed by atoms with Crippen molar-refractivity contribution in [2.24, 2.45) is 16.3 Å². The number of ether oxygens (including phenoxy) is 1. The molecule has 110 valence electrons. The Morgan fingerprint density at radius 2 is 2.05 bits per heavy atom.